The third-order valence-electron chi connectivity index (χ3n) is 3.03. The zero-order valence-corrected chi connectivity index (χ0v) is 11.5. The van der Waals surface area contributed by atoms with Crippen LogP contribution in [0.2, 0.25) is 0 Å². The summed E-state index contributed by atoms with van der Waals surface area (Å²) in [5.41, 5.74) is 1.88. The first-order valence-corrected chi connectivity index (χ1v) is 7.99. The van der Waals surface area contributed by atoms with Gasteiger partial charge in [-0.15, -0.1) is 0 Å². The molecule has 18 heavy (non-hydrogen) atoms. The van der Waals surface area contributed by atoms with Gasteiger partial charge in [0, 0.05) is 5.75 Å². The third-order valence-corrected chi connectivity index (χ3v) is 4.66. The molecule has 0 fully saturated rings. The molecule has 0 unspecified atom stereocenters. The smallest absolute Gasteiger partial charge is 0.231 e. The average Bonchev–Trinajstić information content (AvgIpc) is 2.76. The molecule has 0 radical (unpaired) electrons. The minimum Gasteiger partial charge on any atom is -0.454 e. The van der Waals surface area contributed by atoms with Gasteiger partial charge in [-0.05, 0) is 29.7 Å². The van der Waals surface area contributed by atoms with E-state index in [0.717, 1.165) is 29.7 Å². The molecule has 0 bridgehead atoms. The van der Waals surface area contributed by atoms with Gasteiger partial charge in [0.1, 0.15) is 0 Å². The van der Waals surface area contributed by atoms with Crippen LogP contribution >= 0.6 is 0 Å². The van der Waals surface area contributed by atoms with Gasteiger partial charge in [0.25, 0.3) is 0 Å². The van der Waals surface area contributed by atoms with Crippen molar-refractivity contribution >= 4 is 9.84 Å². The lowest BCUT2D eigenvalue weighted by Crippen LogP contribution is -2.08. The molecule has 4 nitrogen and oxygen atoms in total. The number of hydrogen-bond donors (Lipinski definition) is 0. The van der Waals surface area contributed by atoms with Crippen molar-refractivity contribution in [3.05, 3.63) is 23.3 Å². The highest BCUT2D eigenvalue weighted by Crippen LogP contribution is 2.35. The van der Waals surface area contributed by atoms with Crippen LogP contribution in [0.5, 0.6) is 11.5 Å². The van der Waals surface area contributed by atoms with Crippen LogP contribution in [0.15, 0.2) is 12.1 Å². The molecule has 0 aromatic heterocycles. The normalized spacial score (nSPS) is 13.9. The van der Waals surface area contributed by atoms with Crippen LogP contribution in [0, 0.1) is 0 Å². The topological polar surface area (TPSA) is 52.6 Å². The second kappa shape index (κ2) is 5.18. The summed E-state index contributed by atoms with van der Waals surface area (Å²) < 4.78 is 34.1. The maximum atomic E-state index is 11.8. The molecule has 1 aliphatic heterocycles. The van der Waals surface area contributed by atoms with Gasteiger partial charge in [-0.2, -0.15) is 0 Å². The number of fused-ring (bicyclic) bond motifs is 1. The molecular formula is C13H18O4S. The van der Waals surface area contributed by atoms with Gasteiger partial charge in [-0.25, -0.2) is 8.42 Å². The molecule has 0 N–H and O–H groups in total. The van der Waals surface area contributed by atoms with E-state index in [1.807, 2.05) is 6.07 Å². The Morgan fingerprint density at radius 3 is 2.28 bits per heavy atom. The minimum atomic E-state index is -3.03. The van der Waals surface area contributed by atoms with Gasteiger partial charge in [0.2, 0.25) is 6.79 Å². The molecule has 1 aromatic carbocycles. The Morgan fingerprint density at radius 1 is 1.11 bits per heavy atom. The molecule has 5 heteroatoms. The number of rotatable bonds is 5. The SMILES string of the molecule is CCCc1cc2c(cc1CS(=O)(=O)CC)OCO2. The summed E-state index contributed by atoms with van der Waals surface area (Å²) >= 11 is 0. The van der Waals surface area contributed by atoms with Crippen LogP contribution in [0.3, 0.4) is 0 Å². The number of benzene rings is 1. The van der Waals surface area contributed by atoms with Gasteiger partial charge >= 0.3 is 0 Å². The fraction of sp³-hybridized carbons (Fsp3) is 0.538. The summed E-state index contributed by atoms with van der Waals surface area (Å²) in [7, 11) is -3.03. The second-order valence-corrected chi connectivity index (χ2v) is 6.75. The lowest BCUT2D eigenvalue weighted by Gasteiger charge is -2.10. The Bertz CT molecular complexity index is 534. The monoisotopic (exact) mass is 270 g/mol. The fourth-order valence-electron chi connectivity index (χ4n) is 2.00. The van der Waals surface area contributed by atoms with Crippen molar-refractivity contribution < 1.29 is 17.9 Å². The van der Waals surface area contributed by atoms with Crippen molar-refractivity contribution in [2.75, 3.05) is 12.5 Å². The van der Waals surface area contributed by atoms with Crippen molar-refractivity contribution in [1.29, 1.82) is 0 Å². The quantitative estimate of drug-likeness (QED) is 0.824. The van der Waals surface area contributed by atoms with Crippen LogP contribution in [0.4, 0.5) is 0 Å². The molecule has 0 atom stereocenters. The second-order valence-electron chi connectivity index (χ2n) is 4.40. The maximum absolute atomic E-state index is 11.8. The largest absolute Gasteiger partial charge is 0.454 e. The molecule has 0 spiro atoms. The van der Waals surface area contributed by atoms with Crippen molar-refractivity contribution in [2.24, 2.45) is 0 Å². The van der Waals surface area contributed by atoms with Gasteiger partial charge < -0.3 is 9.47 Å². The van der Waals surface area contributed by atoms with E-state index in [0.29, 0.717) is 5.75 Å². The van der Waals surface area contributed by atoms with Gasteiger partial charge in [-0.3, -0.25) is 0 Å². The standard InChI is InChI=1S/C13H18O4S/c1-3-5-10-6-12-13(17-9-16-12)7-11(10)8-18(14,15)4-2/h6-7H,3-5,8-9H2,1-2H3. The predicted molar refractivity (Wildman–Crippen MR) is 69.7 cm³/mol. The first-order valence-electron chi connectivity index (χ1n) is 6.17. The highest BCUT2D eigenvalue weighted by atomic mass is 32.2. The molecular weight excluding hydrogens is 252 g/mol. The summed E-state index contributed by atoms with van der Waals surface area (Å²) in [4.78, 5) is 0. The van der Waals surface area contributed by atoms with Crippen LogP contribution in [0.1, 0.15) is 31.4 Å². The molecule has 1 aromatic rings. The highest BCUT2D eigenvalue weighted by molar-refractivity contribution is 7.90. The Kier molecular flexibility index (Phi) is 3.80. The van der Waals surface area contributed by atoms with Gasteiger partial charge in [-0.1, -0.05) is 20.3 Å². The summed E-state index contributed by atoms with van der Waals surface area (Å²) in [6.07, 6.45) is 1.82. The van der Waals surface area contributed by atoms with Crippen LogP contribution in [-0.4, -0.2) is 21.0 Å². The molecule has 1 aliphatic rings. The van der Waals surface area contributed by atoms with E-state index in [-0.39, 0.29) is 18.3 Å². The highest BCUT2D eigenvalue weighted by Gasteiger charge is 2.19. The number of ether oxygens (including phenoxy) is 2. The van der Waals surface area contributed by atoms with Crippen molar-refractivity contribution in [3.63, 3.8) is 0 Å². The van der Waals surface area contributed by atoms with Crippen molar-refractivity contribution in [1.82, 2.24) is 0 Å². The maximum Gasteiger partial charge on any atom is 0.231 e. The van der Waals surface area contributed by atoms with Gasteiger partial charge in [0.15, 0.2) is 21.3 Å². The van der Waals surface area contributed by atoms with E-state index in [9.17, 15) is 8.42 Å². The van der Waals surface area contributed by atoms with Crippen molar-refractivity contribution in [2.45, 2.75) is 32.4 Å². The van der Waals surface area contributed by atoms with Crippen molar-refractivity contribution in [3.8, 4) is 11.5 Å². The Morgan fingerprint density at radius 2 is 1.72 bits per heavy atom. The third kappa shape index (κ3) is 2.77. The van der Waals surface area contributed by atoms with Crippen LogP contribution in [0.25, 0.3) is 0 Å². The summed E-state index contributed by atoms with van der Waals surface area (Å²) in [5, 5.41) is 0. The minimum absolute atomic E-state index is 0.0788. The summed E-state index contributed by atoms with van der Waals surface area (Å²) in [6, 6.07) is 3.72. The molecule has 0 saturated carbocycles. The first kappa shape index (κ1) is 13.2. The molecule has 0 amide bonds. The van der Waals surface area contributed by atoms with E-state index in [2.05, 4.69) is 6.92 Å². The molecule has 0 saturated heterocycles. The lowest BCUT2D eigenvalue weighted by molar-refractivity contribution is 0.174. The fourth-order valence-corrected chi connectivity index (χ4v) is 2.95. The Labute approximate surface area is 108 Å². The van der Waals surface area contributed by atoms with E-state index in [1.54, 1.807) is 13.0 Å². The molecule has 0 aliphatic carbocycles. The predicted octanol–water partition coefficient (Wildman–Crippen LogP) is 2.30. The van der Waals surface area contributed by atoms with Gasteiger partial charge in [0.05, 0.1) is 5.75 Å². The van der Waals surface area contributed by atoms with E-state index >= 15 is 0 Å². The number of sulfone groups is 1. The van der Waals surface area contributed by atoms with Crippen LogP contribution in [-0.2, 0) is 22.0 Å². The molecule has 1 heterocycles. The zero-order chi connectivity index (χ0) is 13.2. The summed E-state index contributed by atoms with van der Waals surface area (Å²) in [6.45, 7) is 3.95. The van der Waals surface area contributed by atoms with E-state index in [4.69, 9.17) is 9.47 Å². The lowest BCUT2D eigenvalue weighted by atomic mass is 10.0. The Hall–Kier alpha value is -1.23. The summed E-state index contributed by atoms with van der Waals surface area (Å²) in [5.74, 6) is 1.61. The van der Waals surface area contributed by atoms with E-state index in [1.165, 1.54) is 0 Å². The average molecular weight is 270 g/mol. The first-order chi connectivity index (χ1) is 8.55. The number of aryl methyl sites for hydroxylation is 1. The number of hydrogen-bond acceptors (Lipinski definition) is 4. The molecule has 2 rings (SSSR count). The Balaban J connectivity index is 2.38. The van der Waals surface area contributed by atoms with E-state index < -0.39 is 9.84 Å². The zero-order valence-electron chi connectivity index (χ0n) is 10.7. The van der Waals surface area contributed by atoms with Crippen LogP contribution < -0.4 is 9.47 Å². The molecule has 100 valence electrons.